The molecule has 0 spiro atoms. The van der Waals surface area contributed by atoms with Crippen LogP contribution in [0.3, 0.4) is 0 Å². The second-order valence-corrected chi connectivity index (χ2v) is 5.43. The van der Waals surface area contributed by atoms with Gasteiger partial charge in [0.2, 0.25) is 5.95 Å². The van der Waals surface area contributed by atoms with Gasteiger partial charge in [0.05, 0.1) is 5.69 Å². The number of nitrogens with one attached hydrogen (secondary N) is 2. The third-order valence-corrected chi connectivity index (χ3v) is 3.71. The van der Waals surface area contributed by atoms with Crippen LogP contribution in [-0.4, -0.2) is 19.6 Å². The van der Waals surface area contributed by atoms with Gasteiger partial charge in [0.1, 0.15) is 0 Å². The first-order valence-corrected chi connectivity index (χ1v) is 7.48. The molecule has 0 unspecified atom stereocenters. The fourth-order valence-electron chi connectivity index (χ4n) is 2.53. The summed E-state index contributed by atoms with van der Waals surface area (Å²) >= 11 is 0. The first-order valence-electron chi connectivity index (χ1n) is 7.48. The van der Waals surface area contributed by atoms with Crippen molar-refractivity contribution >= 4 is 17.3 Å². The Balaban J connectivity index is 1.88. The molecule has 0 bridgehead atoms. The van der Waals surface area contributed by atoms with Crippen molar-refractivity contribution in [3.63, 3.8) is 0 Å². The molecule has 0 aliphatic heterocycles. The number of fused-ring (bicyclic) bond motifs is 1. The van der Waals surface area contributed by atoms with Crippen molar-refractivity contribution in [1.29, 1.82) is 0 Å². The quantitative estimate of drug-likeness (QED) is 0.552. The van der Waals surface area contributed by atoms with Gasteiger partial charge in [-0.1, -0.05) is 30.3 Å². The first-order chi connectivity index (χ1) is 12.5. The van der Waals surface area contributed by atoms with Crippen molar-refractivity contribution in [3.05, 3.63) is 76.5 Å². The molecule has 0 amide bonds. The summed E-state index contributed by atoms with van der Waals surface area (Å²) in [6, 6.07) is 12.2. The van der Waals surface area contributed by atoms with Gasteiger partial charge in [-0.15, -0.1) is 0 Å². The Morgan fingerprint density at radius 2 is 1.69 bits per heavy atom. The highest BCUT2D eigenvalue weighted by Crippen LogP contribution is 2.24. The van der Waals surface area contributed by atoms with E-state index in [1.54, 1.807) is 6.07 Å². The molecular formula is C17H10F3N5O. The number of aromatic nitrogens is 4. The number of aromatic amines is 1. The molecule has 4 rings (SSSR count). The molecular weight excluding hydrogens is 347 g/mol. The van der Waals surface area contributed by atoms with Gasteiger partial charge in [-0.2, -0.15) is 5.10 Å². The van der Waals surface area contributed by atoms with E-state index in [-0.39, 0.29) is 17.3 Å². The Labute approximate surface area is 143 Å². The molecule has 4 aromatic rings. The monoisotopic (exact) mass is 357 g/mol. The van der Waals surface area contributed by atoms with Gasteiger partial charge in [0, 0.05) is 29.4 Å². The standard InChI is InChI=1S/C17H10F3N5O/c18-11-6-10(7-12(19)15(11)20)21-16-22-13(9-4-2-1-3-5-9)8-14-23-24-17(26)25(14)16/h1-8H,(H,21,22)(H,24,26). The Hall–Kier alpha value is -3.62. The van der Waals surface area contributed by atoms with E-state index in [0.717, 1.165) is 22.1 Å². The third kappa shape index (κ3) is 2.69. The summed E-state index contributed by atoms with van der Waals surface area (Å²) in [5, 5.41) is 8.81. The lowest BCUT2D eigenvalue weighted by Gasteiger charge is -2.10. The number of benzene rings is 2. The van der Waals surface area contributed by atoms with Crippen molar-refractivity contribution in [2.75, 3.05) is 5.32 Å². The predicted molar refractivity (Wildman–Crippen MR) is 88.6 cm³/mol. The Kier molecular flexibility index (Phi) is 3.68. The molecule has 0 saturated carbocycles. The summed E-state index contributed by atoms with van der Waals surface area (Å²) in [4.78, 5) is 16.3. The van der Waals surface area contributed by atoms with Gasteiger partial charge >= 0.3 is 5.69 Å². The molecule has 0 saturated heterocycles. The van der Waals surface area contributed by atoms with Crippen LogP contribution in [0, 0.1) is 17.5 Å². The number of H-pyrrole nitrogens is 1. The van der Waals surface area contributed by atoms with Crippen LogP contribution >= 0.6 is 0 Å². The van der Waals surface area contributed by atoms with Gasteiger partial charge in [0.15, 0.2) is 23.1 Å². The molecule has 9 heteroatoms. The number of halogens is 3. The van der Waals surface area contributed by atoms with E-state index < -0.39 is 23.1 Å². The molecule has 6 nitrogen and oxygen atoms in total. The van der Waals surface area contributed by atoms with E-state index in [0.29, 0.717) is 5.69 Å². The van der Waals surface area contributed by atoms with E-state index >= 15 is 0 Å². The number of nitrogens with zero attached hydrogens (tertiary/aromatic N) is 3. The highest BCUT2D eigenvalue weighted by molar-refractivity contribution is 5.67. The van der Waals surface area contributed by atoms with Gasteiger partial charge in [0.25, 0.3) is 0 Å². The molecule has 2 aromatic carbocycles. The van der Waals surface area contributed by atoms with Crippen LogP contribution < -0.4 is 11.0 Å². The van der Waals surface area contributed by atoms with Crippen LogP contribution in [-0.2, 0) is 0 Å². The first kappa shape index (κ1) is 15.9. The van der Waals surface area contributed by atoms with Crippen LogP contribution in [0.2, 0.25) is 0 Å². The van der Waals surface area contributed by atoms with Crippen molar-refractivity contribution in [2.45, 2.75) is 0 Å². The maximum absolute atomic E-state index is 13.5. The lowest BCUT2D eigenvalue weighted by molar-refractivity contribution is 0.448. The molecule has 0 atom stereocenters. The van der Waals surface area contributed by atoms with Gasteiger partial charge in [-0.05, 0) is 0 Å². The fourth-order valence-corrected chi connectivity index (χ4v) is 2.53. The largest absolute Gasteiger partial charge is 0.350 e. The summed E-state index contributed by atoms with van der Waals surface area (Å²) in [6.07, 6.45) is 0. The van der Waals surface area contributed by atoms with Crippen LogP contribution in [0.25, 0.3) is 16.9 Å². The van der Waals surface area contributed by atoms with Gasteiger partial charge in [-0.25, -0.2) is 32.4 Å². The van der Waals surface area contributed by atoms with Crippen LogP contribution in [0.4, 0.5) is 24.8 Å². The summed E-state index contributed by atoms with van der Waals surface area (Å²) < 4.78 is 41.2. The lowest BCUT2D eigenvalue weighted by atomic mass is 10.1. The molecule has 130 valence electrons. The highest BCUT2D eigenvalue weighted by atomic mass is 19.2. The second-order valence-electron chi connectivity index (χ2n) is 5.43. The highest BCUT2D eigenvalue weighted by Gasteiger charge is 2.15. The van der Waals surface area contributed by atoms with Crippen molar-refractivity contribution in [1.82, 2.24) is 19.6 Å². The van der Waals surface area contributed by atoms with E-state index in [1.807, 2.05) is 30.3 Å². The number of anilines is 2. The van der Waals surface area contributed by atoms with E-state index in [9.17, 15) is 18.0 Å². The Morgan fingerprint density at radius 1 is 1.00 bits per heavy atom. The van der Waals surface area contributed by atoms with Crippen molar-refractivity contribution in [2.24, 2.45) is 0 Å². The van der Waals surface area contributed by atoms with Crippen molar-refractivity contribution in [3.8, 4) is 11.3 Å². The SMILES string of the molecule is O=c1[nH]nc2cc(-c3ccccc3)nc(Nc3cc(F)c(F)c(F)c3)n12. The number of hydrogen-bond donors (Lipinski definition) is 2. The molecule has 26 heavy (non-hydrogen) atoms. The second kappa shape index (κ2) is 6.03. The summed E-state index contributed by atoms with van der Waals surface area (Å²) in [6.45, 7) is 0. The fraction of sp³-hybridized carbons (Fsp3) is 0. The van der Waals surface area contributed by atoms with Crippen LogP contribution in [0.15, 0.2) is 53.3 Å². The topological polar surface area (TPSA) is 75.1 Å². The Morgan fingerprint density at radius 3 is 2.38 bits per heavy atom. The minimum atomic E-state index is -1.58. The summed E-state index contributed by atoms with van der Waals surface area (Å²) in [5.41, 5.74) is 0.813. The number of hydrogen-bond acceptors (Lipinski definition) is 4. The smallest absolute Gasteiger partial charge is 0.325 e. The van der Waals surface area contributed by atoms with Crippen molar-refractivity contribution < 1.29 is 13.2 Å². The average Bonchev–Trinajstić information content (AvgIpc) is 3.01. The minimum absolute atomic E-state index is 0.0227. The summed E-state index contributed by atoms with van der Waals surface area (Å²) in [7, 11) is 0. The molecule has 0 aliphatic rings. The zero-order valence-electron chi connectivity index (χ0n) is 13.0. The van der Waals surface area contributed by atoms with E-state index in [4.69, 9.17) is 0 Å². The molecule has 0 fully saturated rings. The Bertz CT molecular complexity index is 1150. The third-order valence-electron chi connectivity index (χ3n) is 3.71. The van der Waals surface area contributed by atoms with Gasteiger partial charge in [-0.3, -0.25) is 0 Å². The molecule has 2 heterocycles. The zero-order chi connectivity index (χ0) is 18.3. The predicted octanol–water partition coefficient (Wildman–Crippen LogP) is 3.25. The molecule has 2 aromatic heterocycles. The van der Waals surface area contributed by atoms with Crippen LogP contribution in [0.5, 0.6) is 0 Å². The van der Waals surface area contributed by atoms with Gasteiger partial charge < -0.3 is 5.32 Å². The zero-order valence-corrected chi connectivity index (χ0v) is 13.0. The minimum Gasteiger partial charge on any atom is -0.325 e. The maximum Gasteiger partial charge on any atom is 0.350 e. The summed E-state index contributed by atoms with van der Waals surface area (Å²) in [5.74, 6) is -4.32. The molecule has 0 radical (unpaired) electrons. The lowest BCUT2D eigenvalue weighted by Crippen LogP contribution is -2.15. The van der Waals surface area contributed by atoms with E-state index in [1.165, 1.54) is 0 Å². The molecule has 2 N–H and O–H groups in total. The van der Waals surface area contributed by atoms with Crippen LogP contribution in [0.1, 0.15) is 0 Å². The molecule has 0 aliphatic carbocycles. The van der Waals surface area contributed by atoms with E-state index in [2.05, 4.69) is 20.5 Å². The average molecular weight is 357 g/mol. The maximum atomic E-state index is 13.5. The normalized spacial score (nSPS) is 11.0. The number of rotatable bonds is 3.